The van der Waals surface area contributed by atoms with Gasteiger partial charge in [-0.1, -0.05) is 45.4 Å². The number of rotatable bonds is 11. The second kappa shape index (κ2) is 12.9. The third-order valence-electron chi connectivity index (χ3n) is 3.05. The average molecular weight is 288 g/mol. The van der Waals surface area contributed by atoms with Gasteiger partial charge in [-0.25, -0.2) is 8.42 Å². The monoisotopic (exact) mass is 288 g/mol. The quantitative estimate of drug-likeness (QED) is 0.314. The normalized spacial score (nSPS) is 13.1. The van der Waals surface area contributed by atoms with E-state index in [0.29, 0.717) is 12.8 Å². The van der Waals surface area contributed by atoms with E-state index in [9.17, 15) is 13.0 Å². The van der Waals surface area contributed by atoms with Crippen LogP contribution in [0, 0.1) is 0 Å². The largest absolute Gasteiger partial charge is 1.00 e. The Morgan fingerprint density at radius 3 is 1.83 bits per heavy atom. The third-order valence-corrected chi connectivity index (χ3v) is 4.43. The van der Waals surface area contributed by atoms with Gasteiger partial charge in [-0.15, -0.1) is 0 Å². The Morgan fingerprint density at radius 1 is 1.00 bits per heavy atom. The summed E-state index contributed by atoms with van der Waals surface area (Å²) in [6.45, 7) is 2.01. The minimum absolute atomic E-state index is 0. The molecule has 1 atom stereocenters. The Hall–Kier alpha value is 0.870. The second-order valence-electron chi connectivity index (χ2n) is 4.51. The van der Waals surface area contributed by atoms with Gasteiger partial charge in [0.2, 0.25) is 0 Å². The molecule has 0 saturated carbocycles. The van der Waals surface area contributed by atoms with Gasteiger partial charge in [0.1, 0.15) is 0 Å². The fraction of sp³-hybridized carbons (Fsp3) is 1.00. The molecular weight excluding hydrogens is 263 g/mol. The van der Waals surface area contributed by atoms with Crippen LogP contribution in [0.25, 0.3) is 0 Å². The van der Waals surface area contributed by atoms with Crippen LogP contribution >= 0.6 is 0 Å². The zero-order valence-corrected chi connectivity index (χ0v) is 14.5. The Labute approximate surface area is 134 Å². The van der Waals surface area contributed by atoms with Gasteiger partial charge in [-0.3, -0.25) is 0 Å². The van der Waals surface area contributed by atoms with Gasteiger partial charge < -0.3 is 9.66 Å². The molecule has 0 aromatic heterocycles. The summed E-state index contributed by atoms with van der Waals surface area (Å²) < 4.78 is 32.5. The molecule has 0 aliphatic rings. The first-order valence-corrected chi connectivity index (χ1v) is 8.05. The van der Waals surface area contributed by atoms with Crippen molar-refractivity contribution in [3.8, 4) is 0 Å². The van der Waals surface area contributed by atoms with Gasteiger partial charge in [0.05, 0.1) is 10.1 Å². The van der Waals surface area contributed by atoms with Gasteiger partial charge in [0, 0.05) is 11.9 Å². The maximum Gasteiger partial charge on any atom is 1.00 e. The molecule has 6 heteroatoms. The van der Waals surface area contributed by atoms with Crippen molar-refractivity contribution >= 4 is 10.1 Å². The molecule has 4 nitrogen and oxygen atoms in total. The minimum Gasteiger partial charge on any atom is -0.748 e. The van der Waals surface area contributed by atoms with Crippen LogP contribution in [0.15, 0.2) is 0 Å². The van der Waals surface area contributed by atoms with Crippen LogP contribution in [-0.2, 0) is 10.1 Å². The van der Waals surface area contributed by atoms with Gasteiger partial charge in [0.15, 0.2) is 0 Å². The molecule has 0 bridgehead atoms. The smallest absolute Gasteiger partial charge is 0.748 e. The molecule has 0 aliphatic heterocycles. The number of hydrogen-bond acceptors (Lipinski definition) is 4. The van der Waals surface area contributed by atoms with E-state index in [1.165, 1.54) is 0 Å². The topological polar surface area (TPSA) is 77.4 Å². The summed E-state index contributed by atoms with van der Waals surface area (Å²) in [5.74, 6) is 0. The zero-order chi connectivity index (χ0) is 13.1. The summed E-state index contributed by atoms with van der Waals surface area (Å²) in [6, 6.07) is 0. The Morgan fingerprint density at radius 2 is 1.44 bits per heavy atom. The van der Waals surface area contributed by atoms with E-state index in [4.69, 9.17) is 5.11 Å². The molecular formula is C12H25NaO4S. The maximum atomic E-state index is 10.8. The van der Waals surface area contributed by atoms with Gasteiger partial charge >= 0.3 is 29.6 Å². The summed E-state index contributed by atoms with van der Waals surface area (Å²) in [5.41, 5.74) is 0. The van der Waals surface area contributed by atoms with E-state index in [1.807, 2.05) is 0 Å². The first kappa shape index (κ1) is 21.2. The molecule has 0 aromatic rings. The molecule has 1 unspecified atom stereocenters. The van der Waals surface area contributed by atoms with E-state index < -0.39 is 15.4 Å². The van der Waals surface area contributed by atoms with Crippen molar-refractivity contribution in [3.63, 3.8) is 0 Å². The summed E-state index contributed by atoms with van der Waals surface area (Å²) in [7, 11) is -4.10. The fourth-order valence-corrected chi connectivity index (χ4v) is 2.78. The first-order chi connectivity index (χ1) is 8.02. The molecule has 0 heterocycles. The molecule has 104 valence electrons. The van der Waals surface area contributed by atoms with Crippen LogP contribution in [0.2, 0.25) is 0 Å². The number of unbranched alkanes of at least 4 members (excludes halogenated alkanes) is 6. The summed E-state index contributed by atoms with van der Waals surface area (Å²) in [4.78, 5) is 0. The SMILES string of the molecule is CCC(CCCCCCCCCO)S(=O)(=O)[O-].[Na+]. The summed E-state index contributed by atoms with van der Waals surface area (Å²) >= 11 is 0. The molecule has 0 radical (unpaired) electrons. The van der Waals surface area contributed by atoms with E-state index in [-0.39, 0.29) is 36.2 Å². The maximum absolute atomic E-state index is 10.8. The second-order valence-corrected chi connectivity index (χ2v) is 6.16. The average Bonchev–Trinajstić information content (AvgIpc) is 2.25. The van der Waals surface area contributed by atoms with E-state index in [2.05, 4.69) is 0 Å². The molecule has 0 aromatic carbocycles. The third kappa shape index (κ3) is 11.9. The molecule has 0 aliphatic carbocycles. The first-order valence-electron chi connectivity index (χ1n) is 6.58. The van der Waals surface area contributed by atoms with Crippen molar-refractivity contribution in [3.05, 3.63) is 0 Å². The van der Waals surface area contributed by atoms with Crippen LogP contribution in [-0.4, -0.2) is 29.9 Å². The standard InChI is InChI=1S/C12H26O4S.Na/c1-2-12(17(14,15)16)10-8-6-4-3-5-7-9-11-13;/h12-13H,2-11H2,1H3,(H,14,15,16);/q;+1/p-1. The Kier molecular flexibility index (Phi) is 15.2. The number of hydrogen-bond donors (Lipinski definition) is 1. The van der Waals surface area contributed by atoms with Gasteiger partial charge in [-0.05, 0) is 19.3 Å². The fourth-order valence-electron chi connectivity index (χ4n) is 1.92. The van der Waals surface area contributed by atoms with Crippen molar-refractivity contribution in [2.75, 3.05) is 6.61 Å². The molecule has 18 heavy (non-hydrogen) atoms. The van der Waals surface area contributed by atoms with Crippen LogP contribution in [0.1, 0.15) is 64.7 Å². The van der Waals surface area contributed by atoms with Crippen LogP contribution in [0.4, 0.5) is 0 Å². The van der Waals surface area contributed by atoms with Crippen molar-refractivity contribution in [2.24, 2.45) is 0 Å². The van der Waals surface area contributed by atoms with Crippen molar-refractivity contribution in [1.29, 1.82) is 0 Å². The molecule has 0 saturated heterocycles. The minimum atomic E-state index is -4.10. The summed E-state index contributed by atoms with van der Waals surface area (Å²) in [5, 5.41) is 7.89. The predicted octanol–water partition coefficient (Wildman–Crippen LogP) is -0.573. The molecule has 0 spiro atoms. The van der Waals surface area contributed by atoms with E-state index in [0.717, 1.165) is 44.9 Å². The van der Waals surface area contributed by atoms with Gasteiger partial charge in [-0.2, -0.15) is 0 Å². The molecule has 0 rings (SSSR count). The van der Waals surface area contributed by atoms with E-state index >= 15 is 0 Å². The molecule has 0 fully saturated rings. The van der Waals surface area contributed by atoms with Crippen LogP contribution in [0.3, 0.4) is 0 Å². The van der Waals surface area contributed by atoms with Crippen LogP contribution < -0.4 is 29.6 Å². The van der Waals surface area contributed by atoms with Crippen molar-refractivity contribution < 1.29 is 47.6 Å². The number of aliphatic hydroxyl groups excluding tert-OH is 1. The van der Waals surface area contributed by atoms with Crippen molar-refractivity contribution in [1.82, 2.24) is 0 Å². The van der Waals surface area contributed by atoms with E-state index in [1.54, 1.807) is 6.92 Å². The zero-order valence-electron chi connectivity index (χ0n) is 11.7. The summed E-state index contributed by atoms with van der Waals surface area (Å²) in [6.07, 6.45) is 7.99. The predicted molar refractivity (Wildman–Crippen MR) is 67.8 cm³/mol. The Balaban J connectivity index is 0. The Bertz CT molecular complexity index is 267. The number of aliphatic hydroxyl groups is 1. The van der Waals surface area contributed by atoms with Crippen molar-refractivity contribution in [2.45, 2.75) is 70.0 Å². The van der Waals surface area contributed by atoms with Gasteiger partial charge in [0.25, 0.3) is 0 Å². The molecule has 0 amide bonds. The van der Waals surface area contributed by atoms with Crippen LogP contribution in [0.5, 0.6) is 0 Å². The molecule has 1 N–H and O–H groups in total.